The van der Waals surface area contributed by atoms with E-state index >= 15 is 0 Å². The predicted octanol–water partition coefficient (Wildman–Crippen LogP) is 3.91. The highest BCUT2D eigenvalue weighted by Crippen LogP contribution is 2.22. The first-order valence-corrected chi connectivity index (χ1v) is 8.38. The molecule has 3 rings (SSSR count). The van der Waals surface area contributed by atoms with E-state index in [0.717, 1.165) is 30.3 Å². The third kappa shape index (κ3) is 4.53. The number of aromatic nitrogens is 3. The van der Waals surface area contributed by atoms with E-state index in [1.807, 2.05) is 37.6 Å². The van der Waals surface area contributed by atoms with Crippen molar-refractivity contribution in [3.63, 3.8) is 0 Å². The number of pyridine rings is 1. The molecule has 2 aromatic heterocycles. The van der Waals surface area contributed by atoms with Gasteiger partial charge in [-0.05, 0) is 55.2 Å². The van der Waals surface area contributed by atoms with Gasteiger partial charge in [-0.25, -0.2) is 9.97 Å². The number of likely N-dealkylation sites (N-methyl/N-ethyl adjacent to an activating group) is 1. The molecule has 0 unspecified atom stereocenters. The van der Waals surface area contributed by atoms with Crippen molar-refractivity contribution in [2.75, 3.05) is 23.8 Å². The Kier molecular flexibility index (Phi) is 5.23. The monoisotopic (exact) mass is 333 g/mol. The van der Waals surface area contributed by atoms with Crippen molar-refractivity contribution in [2.45, 2.75) is 20.3 Å². The van der Waals surface area contributed by atoms with Crippen LogP contribution >= 0.6 is 0 Å². The van der Waals surface area contributed by atoms with Gasteiger partial charge in [0.05, 0.1) is 0 Å². The van der Waals surface area contributed by atoms with Crippen LogP contribution in [-0.4, -0.2) is 28.5 Å². The van der Waals surface area contributed by atoms with Gasteiger partial charge in [-0.1, -0.05) is 12.1 Å². The van der Waals surface area contributed by atoms with Crippen LogP contribution in [0.15, 0.2) is 55.1 Å². The molecule has 0 saturated carbocycles. The Labute approximate surface area is 148 Å². The molecule has 5 heteroatoms. The van der Waals surface area contributed by atoms with E-state index in [2.05, 4.69) is 57.2 Å². The molecule has 2 heterocycles. The summed E-state index contributed by atoms with van der Waals surface area (Å²) in [4.78, 5) is 14.9. The molecule has 0 aliphatic rings. The fraction of sp³-hybridized carbons (Fsp3) is 0.250. The average molecular weight is 333 g/mol. The second kappa shape index (κ2) is 7.75. The molecule has 0 aliphatic heterocycles. The van der Waals surface area contributed by atoms with Crippen molar-refractivity contribution in [1.82, 2.24) is 15.0 Å². The fourth-order valence-corrected chi connectivity index (χ4v) is 2.59. The first-order valence-electron chi connectivity index (χ1n) is 8.38. The lowest BCUT2D eigenvalue weighted by Crippen LogP contribution is -2.21. The highest BCUT2D eigenvalue weighted by Gasteiger charge is 2.06. The zero-order valence-electron chi connectivity index (χ0n) is 14.9. The molecule has 0 aliphatic carbocycles. The van der Waals surface area contributed by atoms with Gasteiger partial charge in [0.1, 0.15) is 18.0 Å². The van der Waals surface area contributed by atoms with Crippen LogP contribution in [0.1, 0.15) is 16.7 Å². The van der Waals surface area contributed by atoms with Crippen molar-refractivity contribution in [1.29, 1.82) is 0 Å². The van der Waals surface area contributed by atoms with Crippen LogP contribution in [0.25, 0.3) is 0 Å². The SMILES string of the molecule is Cc1ccc(C)c(Nc2cc(N(C)CCc3ccncc3)ncn2)c1. The van der Waals surface area contributed by atoms with E-state index in [0.29, 0.717) is 0 Å². The maximum atomic E-state index is 4.40. The number of aryl methyl sites for hydroxylation is 2. The number of nitrogens with zero attached hydrogens (tertiary/aromatic N) is 4. The highest BCUT2D eigenvalue weighted by molar-refractivity contribution is 5.63. The number of nitrogens with one attached hydrogen (secondary N) is 1. The van der Waals surface area contributed by atoms with Crippen molar-refractivity contribution >= 4 is 17.3 Å². The highest BCUT2D eigenvalue weighted by atomic mass is 15.2. The van der Waals surface area contributed by atoms with Gasteiger partial charge in [-0.15, -0.1) is 0 Å². The summed E-state index contributed by atoms with van der Waals surface area (Å²) in [6.45, 7) is 5.05. The van der Waals surface area contributed by atoms with E-state index in [1.165, 1.54) is 16.7 Å². The molecule has 0 atom stereocenters. The minimum Gasteiger partial charge on any atom is -0.359 e. The Morgan fingerprint density at radius 1 is 1.00 bits per heavy atom. The van der Waals surface area contributed by atoms with Crippen molar-refractivity contribution in [2.24, 2.45) is 0 Å². The minimum atomic E-state index is 0.800. The van der Waals surface area contributed by atoms with Gasteiger partial charge < -0.3 is 10.2 Å². The molecule has 0 spiro atoms. The number of hydrogen-bond donors (Lipinski definition) is 1. The van der Waals surface area contributed by atoms with Crippen molar-refractivity contribution in [3.8, 4) is 0 Å². The normalized spacial score (nSPS) is 10.5. The third-order valence-electron chi connectivity index (χ3n) is 4.18. The van der Waals surface area contributed by atoms with Gasteiger partial charge in [0.25, 0.3) is 0 Å². The van der Waals surface area contributed by atoms with E-state index < -0.39 is 0 Å². The Morgan fingerprint density at radius 3 is 2.60 bits per heavy atom. The topological polar surface area (TPSA) is 53.9 Å². The number of hydrogen-bond acceptors (Lipinski definition) is 5. The Morgan fingerprint density at radius 2 is 1.80 bits per heavy atom. The first kappa shape index (κ1) is 16.9. The second-order valence-corrected chi connectivity index (χ2v) is 6.23. The van der Waals surface area contributed by atoms with Gasteiger partial charge in [-0.3, -0.25) is 4.98 Å². The molecule has 128 valence electrons. The molecule has 0 radical (unpaired) electrons. The quantitative estimate of drug-likeness (QED) is 0.741. The molecule has 0 bridgehead atoms. The molecule has 0 saturated heterocycles. The van der Waals surface area contributed by atoms with Crippen LogP contribution in [0.4, 0.5) is 17.3 Å². The van der Waals surface area contributed by atoms with Crippen LogP contribution in [0.5, 0.6) is 0 Å². The maximum Gasteiger partial charge on any atom is 0.135 e. The summed E-state index contributed by atoms with van der Waals surface area (Å²) in [6.07, 6.45) is 6.20. The third-order valence-corrected chi connectivity index (χ3v) is 4.18. The van der Waals surface area contributed by atoms with E-state index in [-0.39, 0.29) is 0 Å². The summed E-state index contributed by atoms with van der Waals surface area (Å²) in [5.74, 6) is 1.70. The maximum absolute atomic E-state index is 4.40. The van der Waals surface area contributed by atoms with Gasteiger partial charge in [-0.2, -0.15) is 0 Å². The molecule has 0 amide bonds. The van der Waals surface area contributed by atoms with Gasteiger partial charge in [0.2, 0.25) is 0 Å². The summed E-state index contributed by atoms with van der Waals surface area (Å²) in [6, 6.07) is 12.4. The first-order chi connectivity index (χ1) is 12.1. The largest absolute Gasteiger partial charge is 0.359 e. The number of benzene rings is 1. The summed E-state index contributed by atoms with van der Waals surface area (Å²) < 4.78 is 0. The summed E-state index contributed by atoms with van der Waals surface area (Å²) in [7, 11) is 2.05. The van der Waals surface area contributed by atoms with E-state index in [1.54, 1.807) is 6.33 Å². The lowest BCUT2D eigenvalue weighted by Gasteiger charge is -2.19. The smallest absolute Gasteiger partial charge is 0.135 e. The summed E-state index contributed by atoms with van der Waals surface area (Å²) in [5.41, 5.74) is 4.75. The van der Waals surface area contributed by atoms with E-state index in [9.17, 15) is 0 Å². The van der Waals surface area contributed by atoms with Gasteiger partial charge in [0, 0.05) is 37.7 Å². The summed E-state index contributed by atoms with van der Waals surface area (Å²) >= 11 is 0. The average Bonchev–Trinajstić information content (AvgIpc) is 2.64. The lowest BCUT2D eigenvalue weighted by molar-refractivity contribution is 0.855. The van der Waals surface area contributed by atoms with Gasteiger partial charge in [0.15, 0.2) is 0 Å². The fourth-order valence-electron chi connectivity index (χ4n) is 2.59. The van der Waals surface area contributed by atoms with Crippen LogP contribution < -0.4 is 10.2 Å². The van der Waals surface area contributed by atoms with Crippen LogP contribution in [0.3, 0.4) is 0 Å². The van der Waals surface area contributed by atoms with Crippen molar-refractivity contribution in [3.05, 3.63) is 71.8 Å². The molecule has 25 heavy (non-hydrogen) atoms. The minimum absolute atomic E-state index is 0.800. The molecule has 1 aromatic carbocycles. The zero-order chi connectivity index (χ0) is 17.6. The number of anilines is 3. The molecular formula is C20H23N5. The predicted molar refractivity (Wildman–Crippen MR) is 102 cm³/mol. The van der Waals surface area contributed by atoms with Crippen LogP contribution in [-0.2, 0) is 6.42 Å². The standard InChI is InChI=1S/C20H23N5/c1-15-4-5-16(2)18(12-15)24-19-13-20(23-14-22-19)25(3)11-8-17-6-9-21-10-7-17/h4-7,9-10,12-14H,8,11H2,1-3H3,(H,22,23,24). The van der Waals surface area contributed by atoms with Crippen LogP contribution in [0.2, 0.25) is 0 Å². The molecule has 0 fully saturated rings. The number of rotatable bonds is 6. The Balaban J connectivity index is 1.69. The van der Waals surface area contributed by atoms with Crippen LogP contribution in [0, 0.1) is 13.8 Å². The Hall–Kier alpha value is -2.95. The Bertz CT molecular complexity index is 832. The molecule has 5 nitrogen and oxygen atoms in total. The van der Waals surface area contributed by atoms with Gasteiger partial charge >= 0.3 is 0 Å². The zero-order valence-corrected chi connectivity index (χ0v) is 14.9. The second-order valence-electron chi connectivity index (χ2n) is 6.23. The lowest BCUT2D eigenvalue weighted by atomic mass is 10.1. The summed E-state index contributed by atoms with van der Waals surface area (Å²) in [5, 5.41) is 3.40. The van der Waals surface area contributed by atoms with Crippen molar-refractivity contribution < 1.29 is 0 Å². The van der Waals surface area contributed by atoms with E-state index in [4.69, 9.17) is 0 Å². The molecule has 3 aromatic rings. The molecule has 1 N–H and O–H groups in total. The molecular weight excluding hydrogens is 310 g/mol.